The number of thioether (sulfide) groups is 2. The van der Waals surface area contributed by atoms with Crippen molar-refractivity contribution in [3.8, 4) is 11.5 Å². The maximum Gasteiger partial charge on any atom is 0.416 e. The molecule has 0 heterocycles. The van der Waals surface area contributed by atoms with Crippen molar-refractivity contribution in [1.29, 1.82) is 0 Å². The number of halogens is 3. The average Bonchev–Trinajstić information content (AvgIpc) is 2.78. The second-order valence-electron chi connectivity index (χ2n) is 6.70. The van der Waals surface area contributed by atoms with Crippen LogP contribution in [-0.4, -0.2) is 43.4 Å². The first-order valence-corrected chi connectivity index (χ1v) is 12.4. The second-order valence-corrected chi connectivity index (χ2v) is 8.60. The number of hydrogen-bond donors (Lipinski definition) is 0. The SMILES string of the molecule is CCCOc1ccc(SCC(COc2ccc(C(F)(F)F)cc2)OCSC)cc1C.O=C=O. The summed E-state index contributed by atoms with van der Waals surface area (Å²) in [5.74, 6) is 2.46. The number of ether oxygens (including phenoxy) is 3. The summed E-state index contributed by atoms with van der Waals surface area (Å²) in [7, 11) is 0. The van der Waals surface area contributed by atoms with E-state index in [0.717, 1.165) is 34.8 Å². The first-order chi connectivity index (χ1) is 15.7. The lowest BCUT2D eigenvalue weighted by atomic mass is 10.2. The van der Waals surface area contributed by atoms with Crippen LogP contribution in [0.3, 0.4) is 0 Å². The van der Waals surface area contributed by atoms with Gasteiger partial charge in [-0.1, -0.05) is 6.92 Å². The molecule has 0 bridgehead atoms. The van der Waals surface area contributed by atoms with Crippen LogP contribution in [0.2, 0.25) is 0 Å². The summed E-state index contributed by atoms with van der Waals surface area (Å²) < 4.78 is 55.2. The Morgan fingerprint density at radius 3 is 2.27 bits per heavy atom. The van der Waals surface area contributed by atoms with E-state index < -0.39 is 11.7 Å². The van der Waals surface area contributed by atoms with Gasteiger partial charge in [0.2, 0.25) is 0 Å². The molecule has 0 fully saturated rings. The fourth-order valence-electron chi connectivity index (χ4n) is 2.51. The quantitative estimate of drug-likeness (QED) is 0.256. The molecule has 0 saturated carbocycles. The molecule has 0 saturated heterocycles. The third kappa shape index (κ3) is 11.5. The number of alkyl halides is 3. The third-order valence-electron chi connectivity index (χ3n) is 4.08. The highest BCUT2D eigenvalue weighted by molar-refractivity contribution is 7.99. The largest absolute Gasteiger partial charge is 0.493 e. The molecule has 0 spiro atoms. The molecule has 182 valence electrons. The molecule has 0 N–H and O–H groups in total. The van der Waals surface area contributed by atoms with Gasteiger partial charge in [0.05, 0.1) is 18.1 Å². The Balaban J connectivity index is 0.00000172. The maximum absolute atomic E-state index is 12.7. The predicted octanol–water partition coefficient (Wildman–Crippen LogP) is 6.10. The third-order valence-corrected chi connectivity index (χ3v) is 5.58. The molecule has 0 aliphatic carbocycles. The summed E-state index contributed by atoms with van der Waals surface area (Å²) in [6, 6.07) is 10.8. The summed E-state index contributed by atoms with van der Waals surface area (Å²) in [6.45, 7) is 5.04. The summed E-state index contributed by atoms with van der Waals surface area (Å²) in [6.07, 6.45) is -1.39. The first kappa shape index (κ1) is 28.9. The highest BCUT2D eigenvalue weighted by atomic mass is 32.2. The van der Waals surface area contributed by atoms with Gasteiger partial charge in [-0.05, 0) is 67.6 Å². The van der Waals surface area contributed by atoms with Crippen LogP contribution in [0.25, 0.3) is 0 Å². The summed E-state index contributed by atoms with van der Waals surface area (Å²) in [5, 5.41) is 0. The minimum Gasteiger partial charge on any atom is -0.493 e. The number of rotatable bonds is 12. The van der Waals surface area contributed by atoms with Crippen molar-refractivity contribution in [3.63, 3.8) is 0 Å². The zero-order chi connectivity index (χ0) is 24.7. The van der Waals surface area contributed by atoms with Crippen LogP contribution < -0.4 is 9.47 Å². The lowest BCUT2D eigenvalue weighted by molar-refractivity contribution is -0.191. The van der Waals surface area contributed by atoms with Gasteiger partial charge >= 0.3 is 12.3 Å². The molecular formula is C23H27F3O5S2. The van der Waals surface area contributed by atoms with E-state index in [-0.39, 0.29) is 18.9 Å². The Bertz CT molecular complexity index is 854. The molecule has 5 nitrogen and oxygen atoms in total. The molecule has 1 atom stereocenters. The van der Waals surface area contributed by atoms with Gasteiger partial charge in [-0.15, -0.1) is 23.5 Å². The van der Waals surface area contributed by atoms with E-state index in [1.165, 1.54) is 12.1 Å². The maximum atomic E-state index is 12.7. The van der Waals surface area contributed by atoms with Crippen molar-refractivity contribution in [2.45, 2.75) is 37.4 Å². The van der Waals surface area contributed by atoms with Crippen molar-refractivity contribution in [3.05, 3.63) is 53.6 Å². The number of hydrogen-bond acceptors (Lipinski definition) is 7. The molecule has 33 heavy (non-hydrogen) atoms. The lowest BCUT2D eigenvalue weighted by Crippen LogP contribution is -2.24. The van der Waals surface area contributed by atoms with Gasteiger partial charge in [0.1, 0.15) is 24.2 Å². The number of benzene rings is 2. The molecule has 0 aliphatic rings. The molecule has 2 aromatic rings. The topological polar surface area (TPSA) is 61.8 Å². The summed E-state index contributed by atoms with van der Waals surface area (Å²) in [5.41, 5.74) is 0.387. The molecule has 0 aromatic heterocycles. The van der Waals surface area contributed by atoms with E-state index in [0.29, 0.717) is 24.0 Å². The van der Waals surface area contributed by atoms with Gasteiger partial charge in [-0.2, -0.15) is 22.8 Å². The van der Waals surface area contributed by atoms with E-state index in [4.69, 9.17) is 23.8 Å². The monoisotopic (exact) mass is 504 g/mol. The van der Waals surface area contributed by atoms with Gasteiger partial charge in [-0.25, -0.2) is 0 Å². The first-order valence-electron chi connectivity index (χ1n) is 10.0. The Hall–Kier alpha value is -2.13. The summed E-state index contributed by atoms with van der Waals surface area (Å²) in [4.78, 5) is 17.4. The summed E-state index contributed by atoms with van der Waals surface area (Å²) >= 11 is 3.21. The van der Waals surface area contributed by atoms with E-state index in [2.05, 4.69) is 13.0 Å². The van der Waals surface area contributed by atoms with Gasteiger partial charge in [0.15, 0.2) is 0 Å². The molecule has 0 radical (unpaired) electrons. The number of carbonyl (C=O) groups excluding carboxylic acids is 2. The lowest BCUT2D eigenvalue weighted by Gasteiger charge is -2.18. The Labute approximate surface area is 200 Å². The van der Waals surface area contributed by atoms with Crippen molar-refractivity contribution in [2.75, 3.05) is 31.2 Å². The molecule has 0 amide bonds. The van der Waals surface area contributed by atoms with Crippen LogP contribution >= 0.6 is 23.5 Å². The number of aryl methyl sites for hydroxylation is 1. The van der Waals surface area contributed by atoms with Gasteiger partial charge in [-0.3, -0.25) is 0 Å². The minimum atomic E-state index is -4.35. The van der Waals surface area contributed by atoms with Crippen LogP contribution in [0, 0.1) is 6.92 Å². The minimum absolute atomic E-state index is 0.193. The van der Waals surface area contributed by atoms with Crippen molar-refractivity contribution in [2.24, 2.45) is 0 Å². The average molecular weight is 505 g/mol. The molecule has 2 rings (SSSR count). The van der Waals surface area contributed by atoms with Crippen molar-refractivity contribution >= 4 is 29.7 Å². The van der Waals surface area contributed by atoms with E-state index in [1.54, 1.807) is 23.5 Å². The van der Waals surface area contributed by atoms with Gasteiger partial charge in [0, 0.05) is 10.6 Å². The van der Waals surface area contributed by atoms with E-state index in [9.17, 15) is 13.2 Å². The highest BCUT2D eigenvalue weighted by Gasteiger charge is 2.30. The fraction of sp³-hybridized carbons (Fsp3) is 0.435. The smallest absolute Gasteiger partial charge is 0.416 e. The van der Waals surface area contributed by atoms with Gasteiger partial charge < -0.3 is 14.2 Å². The second kappa shape index (κ2) is 15.7. The van der Waals surface area contributed by atoms with E-state index >= 15 is 0 Å². The molecular weight excluding hydrogens is 477 g/mol. The standard InChI is InChI=1S/C22H27F3O3S2.CO2/c1-4-11-26-21-10-9-20(12-16(21)2)30-14-19(28-15-29-3)13-27-18-7-5-17(6-8-18)22(23,24)25;2-1-3/h5-10,12,19H,4,11,13-15H2,1-3H3;. The zero-order valence-corrected chi connectivity index (χ0v) is 20.3. The van der Waals surface area contributed by atoms with Crippen molar-refractivity contribution in [1.82, 2.24) is 0 Å². The molecule has 0 aliphatic heterocycles. The van der Waals surface area contributed by atoms with Crippen LogP contribution in [0.5, 0.6) is 11.5 Å². The Morgan fingerprint density at radius 2 is 1.73 bits per heavy atom. The van der Waals surface area contributed by atoms with Crippen LogP contribution in [0.4, 0.5) is 13.2 Å². The highest BCUT2D eigenvalue weighted by Crippen LogP contribution is 2.30. The molecule has 10 heteroatoms. The molecule has 2 aromatic carbocycles. The van der Waals surface area contributed by atoms with Gasteiger partial charge in [0.25, 0.3) is 0 Å². The normalized spacial score (nSPS) is 11.7. The van der Waals surface area contributed by atoms with Crippen molar-refractivity contribution < 1.29 is 37.0 Å². The van der Waals surface area contributed by atoms with Crippen LogP contribution in [0.15, 0.2) is 47.4 Å². The zero-order valence-electron chi connectivity index (χ0n) is 18.6. The fourth-order valence-corrected chi connectivity index (χ4v) is 3.84. The van der Waals surface area contributed by atoms with E-state index in [1.807, 2.05) is 25.3 Å². The Kier molecular flexibility index (Phi) is 13.7. The predicted molar refractivity (Wildman–Crippen MR) is 123 cm³/mol. The Morgan fingerprint density at radius 1 is 1.06 bits per heavy atom. The molecule has 1 unspecified atom stereocenters. The van der Waals surface area contributed by atoms with Crippen LogP contribution in [0.1, 0.15) is 24.5 Å². The van der Waals surface area contributed by atoms with Crippen LogP contribution in [-0.2, 0) is 20.5 Å².